The van der Waals surface area contributed by atoms with Gasteiger partial charge in [0.05, 0.1) is 12.2 Å². The first-order valence-electron chi connectivity index (χ1n) is 10.7. The molecular weight excluding hydrogens is 410 g/mol. The van der Waals surface area contributed by atoms with Gasteiger partial charge in [-0.15, -0.1) is 11.3 Å². The summed E-state index contributed by atoms with van der Waals surface area (Å²) in [5, 5.41) is 13.2. The van der Waals surface area contributed by atoms with Gasteiger partial charge in [-0.2, -0.15) is 0 Å². The molecule has 164 valence electrons. The monoisotopic (exact) mass is 439 g/mol. The smallest absolute Gasteiger partial charge is 0.226 e. The van der Waals surface area contributed by atoms with E-state index in [9.17, 15) is 4.79 Å². The molecule has 3 heterocycles. The van der Waals surface area contributed by atoms with Gasteiger partial charge in [0, 0.05) is 30.6 Å². The van der Waals surface area contributed by atoms with Gasteiger partial charge in [0.25, 0.3) is 0 Å². The molecule has 1 aromatic carbocycles. The number of aromatic nitrogens is 2. The highest BCUT2D eigenvalue weighted by Crippen LogP contribution is 2.27. The lowest BCUT2D eigenvalue weighted by Crippen LogP contribution is -2.39. The van der Waals surface area contributed by atoms with Gasteiger partial charge < -0.3 is 15.2 Å². The normalized spacial score (nSPS) is 18.9. The molecule has 0 saturated carbocycles. The molecule has 7 nitrogen and oxygen atoms in total. The number of carbonyl (C=O) groups excluding carboxylic acids is 1. The molecule has 0 radical (unpaired) electrons. The Kier molecular flexibility index (Phi) is 7.45. The quantitative estimate of drug-likeness (QED) is 0.530. The second-order valence-electron chi connectivity index (χ2n) is 8.25. The average molecular weight is 440 g/mol. The Hall–Kier alpha value is -2.55. The number of benzene rings is 1. The van der Waals surface area contributed by atoms with Crippen LogP contribution in [0.15, 0.2) is 52.5 Å². The minimum atomic E-state index is 0.0372. The van der Waals surface area contributed by atoms with E-state index in [4.69, 9.17) is 4.52 Å². The van der Waals surface area contributed by atoms with Crippen molar-refractivity contribution in [3.05, 3.63) is 65.0 Å². The summed E-state index contributed by atoms with van der Waals surface area (Å²) in [6.07, 6.45) is 4.01. The van der Waals surface area contributed by atoms with Crippen molar-refractivity contribution in [2.75, 3.05) is 25.5 Å². The predicted molar refractivity (Wildman–Crippen MR) is 122 cm³/mol. The summed E-state index contributed by atoms with van der Waals surface area (Å²) in [6.45, 7) is 3.41. The van der Waals surface area contributed by atoms with Gasteiger partial charge in [-0.1, -0.05) is 35.5 Å². The second-order valence-corrected chi connectivity index (χ2v) is 9.14. The minimum Gasteiger partial charge on any atom is -0.360 e. The molecule has 31 heavy (non-hydrogen) atoms. The van der Waals surface area contributed by atoms with E-state index in [2.05, 4.69) is 63.1 Å². The zero-order chi connectivity index (χ0) is 21.5. The van der Waals surface area contributed by atoms with Crippen LogP contribution >= 0.6 is 11.3 Å². The summed E-state index contributed by atoms with van der Waals surface area (Å²) < 4.78 is 5.60. The Morgan fingerprint density at radius 2 is 2.16 bits per heavy atom. The van der Waals surface area contributed by atoms with Gasteiger partial charge in [-0.25, -0.2) is 4.98 Å². The molecule has 2 atom stereocenters. The summed E-state index contributed by atoms with van der Waals surface area (Å²) in [5.74, 6) is 1.59. The number of piperidine rings is 1. The fraction of sp³-hybridized carbons (Fsp3) is 0.435. The highest BCUT2D eigenvalue weighted by atomic mass is 32.1. The molecule has 2 N–H and O–H groups in total. The molecule has 4 rings (SSSR count). The van der Waals surface area contributed by atoms with E-state index >= 15 is 0 Å². The predicted octanol–water partition coefficient (Wildman–Crippen LogP) is 3.56. The molecule has 1 aliphatic heterocycles. The van der Waals surface area contributed by atoms with E-state index in [-0.39, 0.29) is 5.91 Å². The third-order valence-electron chi connectivity index (χ3n) is 5.69. The molecule has 2 aromatic heterocycles. The van der Waals surface area contributed by atoms with Gasteiger partial charge in [-0.3, -0.25) is 9.69 Å². The van der Waals surface area contributed by atoms with E-state index < -0.39 is 0 Å². The number of hydrogen-bond acceptors (Lipinski definition) is 7. The minimum absolute atomic E-state index is 0.0372. The summed E-state index contributed by atoms with van der Waals surface area (Å²) in [6, 6.07) is 12.5. The summed E-state index contributed by atoms with van der Waals surface area (Å²) in [5.41, 5.74) is 2.24. The number of amides is 1. The van der Waals surface area contributed by atoms with Crippen LogP contribution in [0.4, 0.5) is 5.13 Å². The third kappa shape index (κ3) is 6.46. The van der Waals surface area contributed by atoms with E-state index in [1.54, 1.807) is 6.20 Å². The molecule has 8 heteroatoms. The number of thiazole rings is 1. The fourth-order valence-electron chi connectivity index (χ4n) is 4.19. The van der Waals surface area contributed by atoms with Crippen LogP contribution in [-0.2, 0) is 24.3 Å². The van der Waals surface area contributed by atoms with Gasteiger partial charge >= 0.3 is 0 Å². The van der Waals surface area contributed by atoms with Crippen molar-refractivity contribution in [2.24, 2.45) is 11.8 Å². The maximum atomic E-state index is 12.4. The van der Waals surface area contributed by atoms with Crippen molar-refractivity contribution >= 4 is 22.4 Å². The lowest BCUT2D eigenvalue weighted by Gasteiger charge is -2.31. The molecule has 0 bridgehead atoms. The van der Waals surface area contributed by atoms with E-state index in [1.165, 1.54) is 16.9 Å². The van der Waals surface area contributed by atoms with Crippen LogP contribution in [0.1, 0.15) is 29.9 Å². The molecule has 0 spiro atoms. The van der Waals surface area contributed by atoms with Crippen molar-refractivity contribution in [3.8, 4) is 0 Å². The maximum absolute atomic E-state index is 12.4. The van der Waals surface area contributed by atoms with E-state index in [0.717, 1.165) is 43.9 Å². The summed E-state index contributed by atoms with van der Waals surface area (Å²) in [4.78, 5) is 18.8. The first kappa shape index (κ1) is 21.7. The maximum Gasteiger partial charge on any atom is 0.226 e. The Morgan fingerprint density at radius 3 is 2.97 bits per heavy atom. The fourth-order valence-corrected chi connectivity index (χ4v) is 4.74. The standard InChI is InChI=1S/C23H29N5O2S/c1-28(15-17-5-3-2-4-6-17)16-21-13-20(27-30-21)11-19-14-24-8-7-18(19)12-22(29)26-23-25-9-10-31-23/h2-6,9-10,13,18-19,24H,7-8,11-12,14-16H2,1H3,(H,25,26,29). The van der Waals surface area contributed by atoms with Crippen molar-refractivity contribution < 1.29 is 9.32 Å². The summed E-state index contributed by atoms with van der Waals surface area (Å²) in [7, 11) is 2.08. The van der Waals surface area contributed by atoms with E-state index in [1.807, 2.05) is 11.4 Å². The molecule has 3 aromatic rings. The molecule has 0 aliphatic carbocycles. The van der Waals surface area contributed by atoms with Gasteiger partial charge in [0.1, 0.15) is 0 Å². The number of nitrogens with zero attached hydrogens (tertiary/aromatic N) is 3. The zero-order valence-electron chi connectivity index (χ0n) is 17.8. The van der Waals surface area contributed by atoms with Crippen LogP contribution in [0.25, 0.3) is 0 Å². The molecule has 1 aliphatic rings. The van der Waals surface area contributed by atoms with Gasteiger partial charge in [0.2, 0.25) is 5.91 Å². The summed E-state index contributed by atoms with van der Waals surface area (Å²) >= 11 is 1.44. The Morgan fingerprint density at radius 1 is 1.29 bits per heavy atom. The molecule has 1 fully saturated rings. The number of hydrogen-bond donors (Lipinski definition) is 2. The van der Waals surface area contributed by atoms with Gasteiger partial charge in [0.15, 0.2) is 10.9 Å². The Balaban J connectivity index is 1.30. The largest absolute Gasteiger partial charge is 0.360 e. The average Bonchev–Trinajstić information content (AvgIpc) is 3.42. The van der Waals surface area contributed by atoms with Crippen molar-refractivity contribution in [1.82, 2.24) is 20.4 Å². The molecule has 2 unspecified atom stereocenters. The lowest BCUT2D eigenvalue weighted by atomic mass is 9.81. The number of carbonyl (C=O) groups is 1. The highest BCUT2D eigenvalue weighted by molar-refractivity contribution is 7.13. The van der Waals surface area contributed by atoms with Crippen LogP contribution in [0.3, 0.4) is 0 Å². The first-order valence-corrected chi connectivity index (χ1v) is 11.6. The number of nitrogens with one attached hydrogen (secondary N) is 2. The molecular formula is C23H29N5O2S. The van der Waals surface area contributed by atoms with Crippen molar-refractivity contribution in [1.29, 1.82) is 0 Å². The van der Waals surface area contributed by atoms with E-state index in [0.29, 0.717) is 29.9 Å². The zero-order valence-corrected chi connectivity index (χ0v) is 18.6. The Labute approximate surface area is 186 Å². The second kappa shape index (κ2) is 10.7. The first-order chi connectivity index (χ1) is 15.2. The topological polar surface area (TPSA) is 83.3 Å². The number of rotatable bonds is 9. The highest BCUT2D eigenvalue weighted by Gasteiger charge is 2.28. The van der Waals surface area contributed by atoms with Crippen LogP contribution in [0.2, 0.25) is 0 Å². The number of anilines is 1. The third-order valence-corrected chi connectivity index (χ3v) is 6.38. The van der Waals surface area contributed by atoms with Crippen LogP contribution in [0.5, 0.6) is 0 Å². The molecule has 1 amide bonds. The van der Waals surface area contributed by atoms with Crippen LogP contribution in [0, 0.1) is 11.8 Å². The van der Waals surface area contributed by atoms with Crippen LogP contribution in [-0.4, -0.2) is 41.1 Å². The lowest BCUT2D eigenvalue weighted by molar-refractivity contribution is -0.117. The van der Waals surface area contributed by atoms with Gasteiger partial charge in [-0.05, 0) is 50.4 Å². The van der Waals surface area contributed by atoms with Crippen LogP contribution < -0.4 is 10.6 Å². The Bertz CT molecular complexity index is 944. The SMILES string of the molecule is CN(Cc1ccccc1)Cc1cc(CC2CNCCC2CC(=O)Nc2nccs2)no1. The molecule has 1 saturated heterocycles. The van der Waals surface area contributed by atoms with Crippen molar-refractivity contribution in [2.45, 2.75) is 32.4 Å². The van der Waals surface area contributed by atoms with Crippen molar-refractivity contribution in [3.63, 3.8) is 0 Å².